The smallest absolute Gasteiger partial charge is 0.243 e. The molecule has 76 valence electrons. The van der Waals surface area contributed by atoms with Crippen LogP contribution < -0.4 is 5.73 Å². The first kappa shape index (κ1) is 10.5. The van der Waals surface area contributed by atoms with Crippen molar-refractivity contribution in [2.45, 2.75) is 39.2 Å². The van der Waals surface area contributed by atoms with Gasteiger partial charge >= 0.3 is 0 Å². The summed E-state index contributed by atoms with van der Waals surface area (Å²) >= 11 is 0. The largest absolute Gasteiger partial charge is 0.368 e. The summed E-state index contributed by atoms with van der Waals surface area (Å²) in [5.74, 6) is 1.12. The fraction of sp³-hybridized carbons (Fsp3) is 0.900. The van der Waals surface area contributed by atoms with Crippen LogP contribution in [0.4, 0.5) is 0 Å². The van der Waals surface area contributed by atoms with Crippen molar-refractivity contribution in [3.05, 3.63) is 0 Å². The van der Waals surface area contributed by atoms with Crippen LogP contribution >= 0.6 is 0 Å². The van der Waals surface area contributed by atoms with Crippen LogP contribution in [0.15, 0.2) is 0 Å². The Morgan fingerprint density at radius 2 is 2.08 bits per heavy atom. The highest BCUT2D eigenvalue weighted by atomic mass is 16.5. The second-order valence-electron chi connectivity index (χ2n) is 4.17. The highest BCUT2D eigenvalue weighted by Crippen LogP contribution is 2.30. The zero-order chi connectivity index (χ0) is 9.84. The molecule has 1 aliphatic rings. The summed E-state index contributed by atoms with van der Waals surface area (Å²) in [5.41, 5.74) is 5.01. The minimum absolute atomic E-state index is 0.0752. The fourth-order valence-corrected chi connectivity index (χ4v) is 1.85. The minimum Gasteiger partial charge on any atom is -0.368 e. The van der Waals surface area contributed by atoms with Crippen molar-refractivity contribution < 1.29 is 9.53 Å². The summed E-state index contributed by atoms with van der Waals surface area (Å²) in [5, 5.41) is 0. The van der Waals surface area contributed by atoms with Gasteiger partial charge in [-0.15, -0.1) is 0 Å². The first-order valence-corrected chi connectivity index (χ1v) is 4.99. The average Bonchev–Trinajstić information content (AvgIpc) is 2.07. The van der Waals surface area contributed by atoms with Gasteiger partial charge in [-0.3, -0.25) is 4.79 Å². The van der Waals surface area contributed by atoms with Gasteiger partial charge in [0.1, 0.15) is 6.61 Å². The molecule has 3 nitrogen and oxygen atoms in total. The Morgan fingerprint density at radius 3 is 2.62 bits per heavy atom. The third kappa shape index (κ3) is 3.35. The van der Waals surface area contributed by atoms with Gasteiger partial charge in [-0.2, -0.15) is 0 Å². The highest BCUT2D eigenvalue weighted by Gasteiger charge is 2.24. The van der Waals surface area contributed by atoms with Crippen LogP contribution in [0.2, 0.25) is 0 Å². The van der Waals surface area contributed by atoms with Gasteiger partial charge in [0.15, 0.2) is 0 Å². The SMILES string of the molecule is CC1CCC(OCC(N)=O)CC1C. The van der Waals surface area contributed by atoms with Gasteiger partial charge in [0.2, 0.25) is 5.91 Å². The van der Waals surface area contributed by atoms with E-state index in [2.05, 4.69) is 13.8 Å². The molecule has 1 saturated carbocycles. The number of carbonyl (C=O) groups excluding carboxylic acids is 1. The molecule has 0 aliphatic heterocycles. The molecule has 1 aliphatic carbocycles. The first-order chi connectivity index (χ1) is 6.09. The number of primary amides is 1. The van der Waals surface area contributed by atoms with Crippen LogP contribution in [-0.2, 0) is 9.53 Å². The lowest BCUT2D eigenvalue weighted by Gasteiger charge is -2.31. The molecule has 0 saturated heterocycles. The van der Waals surface area contributed by atoms with Crippen molar-refractivity contribution in [3.63, 3.8) is 0 Å². The molecule has 1 rings (SSSR count). The lowest BCUT2D eigenvalue weighted by molar-refractivity contribution is -0.125. The van der Waals surface area contributed by atoms with Crippen LogP contribution in [-0.4, -0.2) is 18.6 Å². The maximum Gasteiger partial charge on any atom is 0.243 e. The van der Waals surface area contributed by atoms with E-state index in [1.165, 1.54) is 6.42 Å². The normalized spacial score (nSPS) is 34.5. The van der Waals surface area contributed by atoms with E-state index in [0.717, 1.165) is 18.8 Å². The molecule has 0 radical (unpaired) electrons. The molecule has 1 fully saturated rings. The van der Waals surface area contributed by atoms with Gasteiger partial charge < -0.3 is 10.5 Å². The molecule has 1 amide bonds. The maximum atomic E-state index is 10.5. The van der Waals surface area contributed by atoms with Gasteiger partial charge in [0.05, 0.1) is 6.10 Å². The van der Waals surface area contributed by atoms with Crippen molar-refractivity contribution in [2.24, 2.45) is 17.6 Å². The number of rotatable bonds is 3. The number of nitrogens with two attached hydrogens (primary N) is 1. The Morgan fingerprint density at radius 1 is 1.38 bits per heavy atom. The Hall–Kier alpha value is -0.570. The molecule has 0 aromatic heterocycles. The van der Waals surface area contributed by atoms with E-state index in [4.69, 9.17) is 10.5 Å². The van der Waals surface area contributed by atoms with Crippen LogP contribution in [0.3, 0.4) is 0 Å². The molecule has 13 heavy (non-hydrogen) atoms. The van der Waals surface area contributed by atoms with Crippen LogP contribution in [0.25, 0.3) is 0 Å². The van der Waals surface area contributed by atoms with E-state index in [-0.39, 0.29) is 18.6 Å². The zero-order valence-electron chi connectivity index (χ0n) is 8.45. The monoisotopic (exact) mass is 185 g/mol. The molecule has 3 heteroatoms. The predicted octanol–water partition coefficient (Wildman–Crippen LogP) is 1.31. The Bertz CT molecular complexity index is 182. The Labute approximate surface area is 79.6 Å². The van der Waals surface area contributed by atoms with Gasteiger partial charge in [-0.25, -0.2) is 0 Å². The molecule has 3 unspecified atom stereocenters. The molecule has 0 aromatic carbocycles. The molecule has 0 bridgehead atoms. The molecular formula is C10H19NO2. The first-order valence-electron chi connectivity index (χ1n) is 4.99. The number of hydrogen-bond donors (Lipinski definition) is 1. The lowest BCUT2D eigenvalue weighted by Crippen LogP contribution is -2.30. The van der Waals surface area contributed by atoms with Crippen LogP contribution in [0, 0.1) is 11.8 Å². The summed E-state index contributed by atoms with van der Waals surface area (Å²) in [6, 6.07) is 0. The highest BCUT2D eigenvalue weighted by molar-refractivity contribution is 5.74. The third-order valence-electron chi connectivity index (χ3n) is 3.01. The molecule has 0 aromatic rings. The quantitative estimate of drug-likeness (QED) is 0.720. The van der Waals surface area contributed by atoms with E-state index in [9.17, 15) is 4.79 Å². The van der Waals surface area contributed by atoms with Gasteiger partial charge in [-0.1, -0.05) is 13.8 Å². The summed E-state index contributed by atoms with van der Waals surface area (Å²) < 4.78 is 5.39. The second-order valence-corrected chi connectivity index (χ2v) is 4.17. The molecule has 2 N–H and O–H groups in total. The van der Waals surface area contributed by atoms with Crippen molar-refractivity contribution in [1.29, 1.82) is 0 Å². The van der Waals surface area contributed by atoms with Crippen LogP contribution in [0.5, 0.6) is 0 Å². The number of ether oxygens (including phenoxy) is 1. The predicted molar refractivity (Wildman–Crippen MR) is 51.1 cm³/mol. The summed E-state index contributed by atoms with van der Waals surface area (Å²) in [6.07, 6.45) is 3.58. The number of amides is 1. The van der Waals surface area contributed by atoms with Gasteiger partial charge in [-0.05, 0) is 31.1 Å². The van der Waals surface area contributed by atoms with E-state index < -0.39 is 0 Å². The fourth-order valence-electron chi connectivity index (χ4n) is 1.85. The molecular weight excluding hydrogens is 166 g/mol. The van der Waals surface area contributed by atoms with Crippen molar-refractivity contribution in [2.75, 3.05) is 6.61 Å². The summed E-state index contributed by atoms with van der Waals surface area (Å²) in [7, 11) is 0. The van der Waals surface area contributed by atoms with Gasteiger partial charge in [0.25, 0.3) is 0 Å². The Balaban J connectivity index is 2.25. The molecule has 3 atom stereocenters. The summed E-state index contributed by atoms with van der Waals surface area (Å²) in [6.45, 7) is 4.59. The minimum atomic E-state index is -0.369. The topological polar surface area (TPSA) is 52.3 Å². The number of carbonyl (C=O) groups is 1. The summed E-state index contributed by atoms with van der Waals surface area (Å²) in [4.78, 5) is 10.5. The van der Waals surface area contributed by atoms with Crippen molar-refractivity contribution in [1.82, 2.24) is 0 Å². The third-order valence-corrected chi connectivity index (χ3v) is 3.01. The van der Waals surface area contributed by atoms with Crippen LogP contribution in [0.1, 0.15) is 33.1 Å². The zero-order valence-corrected chi connectivity index (χ0v) is 8.45. The second kappa shape index (κ2) is 4.61. The maximum absolute atomic E-state index is 10.5. The molecule has 0 spiro atoms. The van der Waals surface area contributed by atoms with E-state index in [0.29, 0.717) is 5.92 Å². The Kier molecular flexibility index (Phi) is 3.72. The van der Waals surface area contributed by atoms with E-state index in [1.807, 2.05) is 0 Å². The lowest BCUT2D eigenvalue weighted by atomic mass is 9.80. The standard InChI is InChI=1S/C10H19NO2/c1-7-3-4-9(5-8(7)2)13-6-10(11)12/h7-9H,3-6H2,1-2H3,(H2,11,12). The van der Waals surface area contributed by atoms with Crippen molar-refractivity contribution >= 4 is 5.91 Å². The van der Waals surface area contributed by atoms with E-state index in [1.54, 1.807) is 0 Å². The average molecular weight is 185 g/mol. The van der Waals surface area contributed by atoms with E-state index >= 15 is 0 Å². The van der Waals surface area contributed by atoms with Gasteiger partial charge in [0, 0.05) is 0 Å². The number of hydrogen-bond acceptors (Lipinski definition) is 2. The molecule has 0 heterocycles. The van der Waals surface area contributed by atoms with Crippen molar-refractivity contribution in [3.8, 4) is 0 Å².